The van der Waals surface area contributed by atoms with E-state index < -0.39 is 47.2 Å². The number of oxime groups is 1. The molecule has 230 valence electrons. The number of β-lactam (4-membered cyclic amide) rings is 1. The van der Waals surface area contributed by atoms with Crippen molar-refractivity contribution in [2.75, 3.05) is 41.9 Å². The number of aliphatic carboxylic acids is 2. The third-order valence-corrected chi connectivity index (χ3v) is 10.2. The van der Waals surface area contributed by atoms with E-state index in [-0.39, 0.29) is 40.4 Å². The number of rotatable bonds is 11. The van der Waals surface area contributed by atoms with Crippen molar-refractivity contribution in [1.82, 2.24) is 20.2 Å². The maximum atomic E-state index is 13.2. The normalized spacial score (nSPS) is 21.2. The summed E-state index contributed by atoms with van der Waals surface area (Å²) in [6.45, 7) is -0.907. The smallest absolute Gasteiger partial charge is 0.344 e. The van der Waals surface area contributed by atoms with Crippen molar-refractivity contribution in [1.29, 1.82) is 0 Å². The molecule has 2 unspecified atom stereocenters. The first kappa shape index (κ1) is 30.8. The molecule has 3 aromatic rings. The highest BCUT2D eigenvalue weighted by atomic mass is 32.2. The quantitative estimate of drug-likeness (QED) is 0.0383. The number of carbonyl (C=O) groups is 4. The molecule has 2 aromatic heterocycles. The fraction of sp³-hybridized carbons (Fsp3) is 0.280. The number of thioether (sulfide) groups is 2. The minimum atomic E-state index is -1.35. The molecule has 5 rings (SSSR count). The molecule has 44 heavy (non-hydrogen) atoms. The molecular weight excluding hydrogens is 635 g/mol. The van der Waals surface area contributed by atoms with Crippen molar-refractivity contribution >= 4 is 81.1 Å². The molecule has 0 spiro atoms. The van der Waals surface area contributed by atoms with Crippen LogP contribution in [0.15, 0.2) is 52.1 Å². The van der Waals surface area contributed by atoms with Gasteiger partial charge in [0, 0.05) is 23.4 Å². The average Bonchev–Trinajstić information content (AvgIpc) is 3.42. The molecular formula is C25H26N9O7S3+. The van der Waals surface area contributed by atoms with Gasteiger partial charge in [-0.1, -0.05) is 40.1 Å². The highest BCUT2D eigenvalue weighted by Crippen LogP contribution is 2.44. The highest BCUT2D eigenvalue weighted by molar-refractivity contribution is 8.00. The van der Waals surface area contributed by atoms with Crippen LogP contribution in [-0.2, 0) is 24.0 Å². The van der Waals surface area contributed by atoms with Gasteiger partial charge >= 0.3 is 17.1 Å². The minimum Gasteiger partial charge on any atom is -0.481 e. The van der Waals surface area contributed by atoms with E-state index in [1.807, 2.05) is 30.3 Å². The lowest BCUT2D eigenvalue weighted by Crippen LogP contribution is -2.74. The van der Waals surface area contributed by atoms with Crippen LogP contribution in [0.3, 0.4) is 0 Å². The first-order valence-electron chi connectivity index (χ1n) is 12.7. The number of anilines is 3. The van der Waals surface area contributed by atoms with E-state index >= 15 is 0 Å². The number of para-hydroxylation sites is 1. The molecule has 0 saturated carbocycles. The highest BCUT2D eigenvalue weighted by Gasteiger charge is 2.57. The largest absolute Gasteiger partial charge is 0.481 e. The number of aromatic nitrogens is 3. The Morgan fingerprint density at radius 2 is 1.95 bits per heavy atom. The molecule has 2 amide bonds. The fourth-order valence-corrected chi connectivity index (χ4v) is 7.97. The van der Waals surface area contributed by atoms with Gasteiger partial charge in [0.05, 0.1) is 6.07 Å². The van der Waals surface area contributed by atoms with E-state index in [1.54, 1.807) is 4.57 Å². The number of carboxylic acid groups (broad SMARTS) is 2. The first-order chi connectivity index (χ1) is 21.0. The molecule has 19 heteroatoms. The summed E-state index contributed by atoms with van der Waals surface area (Å²) in [4.78, 5) is 64.2. The molecule has 2 aliphatic heterocycles. The summed E-state index contributed by atoms with van der Waals surface area (Å²) in [6, 6.07) is 9.70. The standard InChI is InChI=1S/C25H25N9O7S3/c26-14-6-15(27)34(12-4-2-1-3-5-12)24(30-14)44-11-25(22(39)40)9-33-20(38)18(21(33)43-10-25)31-19(37)17(32-41-7-16(35)36)13-8-42-23(28)29-13/h1-6,8,18,21H,7,9-11H2,(H8,26,27,28,29,31,35,36,37,39,40)/p+1/t18?,21-,25?/m1/s1. The predicted octanol–water partition coefficient (Wildman–Crippen LogP) is -0.370. The van der Waals surface area contributed by atoms with Crippen LogP contribution in [0, 0.1) is 5.41 Å². The summed E-state index contributed by atoms with van der Waals surface area (Å²) < 4.78 is 1.67. The molecule has 16 nitrogen and oxygen atoms in total. The Morgan fingerprint density at radius 1 is 1.20 bits per heavy atom. The van der Waals surface area contributed by atoms with E-state index in [2.05, 4.69) is 20.4 Å². The van der Waals surface area contributed by atoms with Gasteiger partial charge in [0.15, 0.2) is 10.8 Å². The second kappa shape index (κ2) is 12.5. The number of carbonyl (C=O) groups excluding carboxylic acids is 2. The predicted molar refractivity (Wildman–Crippen MR) is 162 cm³/mol. The van der Waals surface area contributed by atoms with Crippen LogP contribution in [0.4, 0.5) is 16.8 Å². The first-order valence-corrected chi connectivity index (χ1v) is 15.7. The van der Waals surface area contributed by atoms with E-state index in [0.717, 1.165) is 28.8 Å². The third kappa shape index (κ3) is 6.19. The van der Waals surface area contributed by atoms with Gasteiger partial charge in [-0.05, 0) is 12.1 Å². The molecule has 4 heterocycles. The number of nitrogen functional groups attached to an aromatic ring is 3. The number of nitrogens with one attached hydrogen (secondary N) is 1. The van der Waals surface area contributed by atoms with Gasteiger partial charge in [-0.25, -0.2) is 9.78 Å². The summed E-state index contributed by atoms with van der Waals surface area (Å²) in [5.74, 6) is -3.04. The summed E-state index contributed by atoms with van der Waals surface area (Å²) >= 11 is 3.41. The Bertz CT molecular complexity index is 1660. The Morgan fingerprint density at radius 3 is 2.61 bits per heavy atom. The van der Waals surface area contributed by atoms with Crippen LogP contribution in [0.5, 0.6) is 0 Å². The Labute approximate surface area is 261 Å². The third-order valence-electron chi connectivity index (χ3n) is 6.67. The fourth-order valence-electron chi connectivity index (χ4n) is 4.52. The number of hydrogen-bond donors (Lipinski definition) is 6. The van der Waals surface area contributed by atoms with Crippen LogP contribution < -0.4 is 27.1 Å². The Balaban J connectivity index is 1.30. The monoisotopic (exact) mass is 660 g/mol. The molecule has 2 saturated heterocycles. The second-order valence-corrected chi connectivity index (χ2v) is 12.7. The van der Waals surface area contributed by atoms with Crippen LogP contribution in [0.25, 0.3) is 5.69 Å². The van der Waals surface area contributed by atoms with Crippen LogP contribution >= 0.6 is 34.9 Å². The Kier molecular flexibility index (Phi) is 8.79. The molecule has 0 aliphatic carbocycles. The van der Waals surface area contributed by atoms with Gasteiger partial charge in [-0.2, -0.15) is 4.57 Å². The SMILES string of the molecule is Nc1cc(N)[n+](-c2ccccc2)c(SCC2(C(=O)O)CS[C@@H]3C(NC(=O)C(=NOCC(=O)O)c4csc(N)n4)C(=O)N3C2)n1. The number of thiazole rings is 1. The Hall–Kier alpha value is -4.62. The topological polar surface area (TPSA) is 253 Å². The number of nitrogens with two attached hydrogens (primary N) is 3. The lowest BCUT2D eigenvalue weighted by Gasteiger charge is -2.53. The molecule has 0 bridgehead atoms. The lowest BCUT2D eigenvalue weighted by molar-refractivity contribution is -0.626. The number of carboxylic acids is 2. The number of fused-ring (bicyclic) bond motifs is 1. The van der Waals surface area contributed by atoms with Crippen molar-refractivity contribution in [3.05, 3.63) is 47.5 Å². The van der Waals surface area contributed by atoms with E-state index in [9.17, 15) is 24.3 Å². The number of amides is 2. The molecule has 3 atom stereocenters. The molecule has 1 aromatic carbocycles. The van der Waals surface area contributed by atoms with Gasteiger partial charge in [0.2, 0.25) is 24.1 Å². The van der Waals surface area contributed by atoms with Crippen molar-refractivity contribution in [2.24, 2.45) is 10.6 Å². The van der Waals surface area contributed by atoms with Crippen molar-refractivity contribution in [2.45, 2.75) is 16.6 Å². The zero-order valence-corrected chi connectivity index (χ0v) is 25.1. The van der Waals surface area contributed by atoms with Gasteiger partial charge in [0.1, 0.15) is 28.2 Å². The van der Waals surface area contributed by atoms with E-state index in [0.29, 0.717) is 11.0 Å². The second-order valence-electron chi connectivity index (χ2n) is 9.73. The molecule has 2 aliphatic rings. The summed E-state index contributed by atoms with van der Waals surface area (Å²) in [5.41, 5.74) is 16.9. The summed E-state index contributed by atoms with van der Waals surface area (Å²) in [6.07, 6.45) is 0. The van der Waals surface area contributed by atoms with Gasteiger partial charge in [-0.15, -0.1) is 23.1 Å². The maximum Gasteiger partial charge on any atom is 0.344 e. The van der Waals surface area contributed by atoms with Crippen molar-refractivity contribution in [3.63, 3.8) is 0 Å². The average molecular weight is 661 g/mol. The molecule has 2 fully saturated rings. The zero-order chi connectivity index (χ0) is 31.6. The number of benzene rings is 1. The van der Waals surface area contributed by atoms with Crippen LogP contribution in [0.2, 0.25) is 0 Å². The van der Waals surface area contributed by atoms with E-state index in [1.165, 1.54) is 28.1 Å². The molecule has 0 radical (unpaired) electrons. The van der Waals surface area contributed by atoms with Crippen molar-refractivity contribution < 1.29 is 38.8 Å². The lowest BCUT2D eigenvalue weighted by atomic mass is 9.89. The van der Waals surface area contributed by atoms with E-state index in [4.69, 9.17) is 27.1 Å². The van der Waals surface area contributed by atoms with Gasteiger partial charge < -0.3 is 42.5 Å². The number of hydrogen-bond acceptors (Lipinski definition) is 14. The van der Waals surface area contributed by atoms with Gasteiger partial charge in [-0.3, -0.25) is 14.4 Å². The van der Waals surface area contributed by atoms with Crippen molar-refractivity contribution in [3.8, 4) is 5.69 Å². The summed E-state index contributed by atoms with van der Waals surface area (Å²) in [7, 11) is 0. The van der Waals surface area contributed by atoms with Gasteiger partial charge in [0.25, 0.3) is 5.91 Å². The van der Waals surface area contributed by atoms with Crippen LogP contribution in [0.1, 0.15) is 5.69 Å². The van der Waals surface area contributed by atoms with Crippen LogP contribution in [-0.4, -0.2) is 90.6 Å². The minimum absolute atomic E-state index is 0.0424. The zero-order valence-electron chi connectivity index (χ0n) is 22.7. The maximum absolute atomic E-state index is 13.2. The molecule has 9 N–H and O–H groups in total. The number of nitrogens with zero attached hydrogens (tertiary/aromatic N) is 5. The summed E-state index contributed by atoms with van der Waals surface area (Å²) in [5, 5.41) is 26.8.